The van der Waals surface area contributed by atoms with Crippen molar-refractivity contribution in [3.63, 3.8) is 0 Å². The number of aromatic hydroxyl groups is 1. The summed E-state index contributed by atoms with van der Waals surface area (Å²) in [6, 6.07) is 22.7. The van der Waals surface area contributed by atoms with Gasteiger partial charge in [-0.2, -0.15) is 0 Å². The third-order valence-corrected chi connectivity index (χ3v) is 7.61. The maximum absolute atomic E-state index is 13.2. The number of benzene rings is 3. The molecule has 2 N–H and O–H groups in total. The van der Waals surface area contributed by atoms with Gasteiger partial charge in [-0.1, -0.05) is 36.4 Å². The molecule has 1 aromatic heterocycles. The first-order valence-electron chi connectivity index (χ1n) is 12.6. The molecule has 0 aliphatic carbocycles. The van der Waals surface area contributed by atoms with Crippen LogP contribution in [-0.2, 0) is 4.74 Å². The summed E-state index contributed by atoms with van der Waals surface area (Å²) in [5.74, 6) is -0.450. The number of nitrogens with one attached hydrogen (secondary N) is 1. The Bertz CT molecular complexity index is 1560. The largest absolute Gasteiger partial charge is 0.494 e. The molecule has 2 bridgehead atoms. The Morgan fingerprint density at radius 1 is 0.947 bits per heavy atom. The van der Waals surface area contributed by atoms with Gasteiger partial charge in [-0.3, -0.25) is 9.69 Å². The van der Waals surface area contributed by atoms with Crippen LogP contribution in [0, 0.1) is 0 Å². The van der Waals surface area contributed by atoms with E-state index in [1.165, 1.54) is 7.11 Å². The number of methoxy groups -OCH3 is 1. The van der Waals surface area contributed by atoms with Gasteiger partial charge in [-0.05, 0) is 49.9 Å². The van der Waals surface area contributed by atoms with Crippen LogP contribution in [0.4, 0.5) is 5.69 Å². The van der Waals surface area contributed by atoms with Crippen LogP contribution in [0.1, 0.15) is 38.3 Å². The number of amides is 1. The predicted molar refractivity (Wildman–Crippen MR) is 145 cm³/mol. The number of aromatic nitrogens is 1. The second kappa shape index (κ2) is 9.46. The molecule has 3 aromatic carbocycles. The minimum absolute atomic E-state index is 0.0505. The average Bonchev–Trinajstić information content (AvgIpc) is 3.62. The summed E-state index contributed by atoms with van der Waals surface area (Å²) in [6.07, 6.45) is 1.04. The fraction of sp³-hybridized carbons (Fsp3) is 0.233. The molecule has 6 rings (SSSR count). The highest BCUT2D eigenvalue weighted by molar-refractivity contribution is 6.22. The number of carbonyl (C=O) groups excluding carboxylic acids is 2. The molecule has 1 amide bonds. The Hall–Kier alpha value is -4.43. The van der Waals surface area contributed by atoms with Crippen LogP contribution in [0.3, 0.4) is 0 Å². The Morgan fingerprint density at radius 2 is 1.68 bits per heavy atom. The van der Waals surface area contributed by atoms with Crippen LogP contribution in [-0.4, -0.2) is 76.8 Å². The number of ether oxygens (including phenoxy) is 1. The van der Waals surface area contributed by atoms with Crippen LogP contribution in [0.5, 0.6) is 5.88 Å². The van der Waals surface area contributed by atoms with E-state index < -0.39 is 5.97 Å². The van der Waals surface area contributed by atoms with E-state index in [0.29, 0.717) is 39.6 Å². The van der Waals surface area contributed by atoms with Crippen LogP contribution in [0.2, 0.25) is 0 Å². The number of fused-ring (bicyclic) bond motifs is 3. The molecule has 2 atom stereocenters. The molecule has 8 heteroatoms. The van der Waals surface area contributed by atoms with E-state index >= 15 is 0 Å². The lowest BCUT2D eigenvalue weighted by Crippen LogP contribution is -2.47. The third kappa shape index (κ3) is 4.13. The maximum Gasteiger partial charge on any atom is 0.337 e. The molecule has 3 heterocycles. The van der Waals surface area contributed by atoms with Gasteiger partial charge in [0, 0.05) is 47.2 Å². The SMILES string of the molecule is COC(=O)c1ccc2c(C(=Nc3ccc(C(=O)N4CC5CC4CN5C)cc3)c3ccccc3)c(O)[nH]c2c1. The summed E-state index contributed by atoms with van der Waals surface area (Å²) in [5.41, 5.74) is 4.19. The van der Waals surface area contributed by atoms with Gasteiger partial charge in [0.25, 0.3) is 5.91 Å². The third-order valence-electron chi connectivity index (χ3n) is 7.61. The Balaban J connectivity index is 1.36. The van der Waals surface area contributed by atoms with Crippen molar-refractivity contribution in [1.29, 1.82) is 0 Å². The number of nitrogens with zero attached hydrogens (tertiary/aromatic N) is 3. The van der Waals surface area contributed by atoms with Crippen molar-refractivity contribution in [1.82, 2.24) is 14.8 Å². The quantitative estimate of drug-likeness (QED) is 0.308. The first kappa shape index (κ1) is 23.9. The zero-order valence-electron chi connectivity index (χ0n) is 21.2. The lowest BCUT2D eigenvalue weighted by molar-refractivity contribution is 0.0599. The minimum atomic E-state index is -0.456. The lowest BCUT2D eigenvalue weighted by Gasteiger charge is -2.32. The summed E-state index contributed by atoms with van der Waals surface area (Å²) in [5, 5.41) is 11.7. The van der Waals surface area contributed by atoms with Gasteiger partial charge in [-0.25, -0.2) is 9.79 Å². The molecule has 8 nitrogen and oxygen atoms in total. The average molecular weight is 509 g/mol. The number of H-pyrrole nitrogens is 1. The number of aliphatic imine (C=N–C) groups is 1. The van der Waals surface area contributed by atoms with E-state index in [2.05, 4.69) is 16.9 Å². The molecule has 2 unspecified atom stereocenters. The van der Waals surface area contributed by atoms with Crippen molar-refractivity contribution in [2.45, 2.75) is 18.5 Å². The number of rotatable bonds is 5. The zero-order valence-corrected chi connectivity index (χ0v) is 21.2. The number of hydrogen-bond donors (Lipinski definition) is 2. The standard InChI is InChI=1S/C30H28N4O4/c1-33-16-23-15-22(33)17-34(23)29(36)19-8-11-21(12-9-19)31-27(18-6-4-3-5-7-18)26-24-13-10-20(30(37)38-2)14-25(24)32-28(26)35/h3-14,22-23,32,35H,15-17H2,1-2H3. The van der Waals surface area contributed by atoms with Gasteiger partial charge in [0.2, 0.25) is 0 Å². The van der Waals surface area contributed by atoms with E-state index in [4.69, 9.17) is 9.73 Å². The smallest absolute Gasteiger partial charge is 0.337 e. The second-order valence-electron chi connectivity index (χ2n) is 9.91. The first-order valence-corrected chi connectivity index (χ1v) is 12.6. The highest BCUT2D eigenvalue weighted by Gasteiger charge is 2.43. The van der Waals surface area contributed by atoms with Crippen molar-refractivity contribution in [3.8, 4) is 5.88 Å². The van der Waals surface area contributed by atoms with Gasteiger partial charge in [-0.15, -0.1) is 0 Å². The van der Waals surface area contributed by atoms with Gasteiger partial charge in [0.1, 0.15) is 0 Å². The van der Waals surface area contributed by atoms with Crippen molar-refractivity contribution in [3.05, 3.63) is 95.1 Å². The molecule has 0 radical (unpaired) electrons. The normalized spacial score (nSPS) is 19.3. The monoisotopic (exact) mass is 508 g/mol. The van der Waals surface area contributed by atoms with Crippen molar-refractivity contribution < 1.29 is 19.4 Å². The van der Waals surface area contributed by atoms with Crippen molar-refractivity contribution in [2.75, 3.05) is 27.2 Å². The molecule has 2 saturated heterocycles. The van der Waals surface area contributed by atoms with E-state index in [0.717, 1.165) is 30.5 Å². The summed E-state index contributed by atoms with van der Waals surface area (Å²) < 4.78 is 4.83. The molecule has 192 valence electrons. The molecule has 2 fully saturated rings. The number of esters is 1. The van der Waals surface area contributed by atoms with E-state index in [1.54, 1.807) is 18.2 Å². The molecular weight excluding hydrogens is 480 g/mol. The molecular formula is C30H28N4O4. The van der Waals surface area contributed by atoms with Crippen LogP contribution in [0.15, 0.2) is 77.8 Å². The van der Waals surface area contributed by atoms with Gasteiger partial charge < -0.3 is 19.7 Å². The predicted octanol–water partition coefficient (Wildman–Crippen LogP) is 4.36. The van der Waals surface area contributed by atoms with E-state index in [1.807, 2.05) is 59.5 Å². The van der Waals surface area contributed by atoms with Crippen LogP contribution < -0.4 is 0 Å². The highest BCUT2D eigenvalue weighted by atomic mass is 16.5. The molecule has 4 aromatic rings. The van der Waals surface area contributed by atoms with Gasteiger partial charge >= 0.3 is 5.97 Å². The number of carbonyl (C=O) groups is 2. The topological polar surface area (TPSA) is 98.2 Å². The number of piperazine rings is 1. The van der Waals surface area contributed by atoms with Gasteiger partial charge in [0.05, 0.1) is 29.6 Å². The summed E-state index contributed by atoms with van der Waals surface area (Å²) >= 11 is 0. The van der Waals surface area contributed by atoms with E-state index in [-0.39, 0.29) is 17.8 Å². The zero-order chi connectivity index (χ0) is 26.4. The highest BCUT2D eigenvalue weighted by Crippen LogP contribution is 2.33. The molecule has 2 aliphatic rings. The Labute approximate surface area is 220 Å². The first-order chi connectivity index (χ1) is 18.4. The summed E-state index contributed by atoms with van der Waals surface area (Å²) in [6.45, 7) is 1.70. The number of hydrogen-bond acceptors (Lipinski definition) is 6. The number of likely N-dealkylation sites (tertiary alicyclic amines) is 2. The van der Waals surface area contributed by atoms with Crippen LogP contribution >= 0.6 is 0 Å². The minimum Gasteiger partial charge on any atom is -0.494 e. The number of likely N-dealkylation sites (N-methyl/N-ethyl adjacent to an activating group) is 1. The lowest BCUT2D eigenvalue weighted by atomic mass is 10.00. The fourth-order valence-electron chi connectivity index (χ4n) is 5.62. The van der Waals surface area contributed by atoms with Crippen LogP contribution in [0.25, 0.3) is 10.9 Å². The molecule has 38 heavy (non-hydrogen) atoms. The van der Waals surface area contributed by atoms with Gasteiger partial charge in [0.15, 0.2) is 5.88 Å². The summed E-state index contributed by atoms with van der Waals surface area (Å²) in [4.78, 5) is 37.4. The maximum atomic E-state index is 13.2. The Kier molecular flexibility index (Phi) is 5.96. The van der Waals surface area contributed by atoms with Crippen molar-refractivity contribution in [2.24, 2.45) is 4.99 Å². The molecule has 0 spiro atoms. The fourth-order valence-corrected chi connectivity index (χ4v) is 5.62. The summed E-state index contributed by atoms with van der Waals surface area (Å²) in [7, 11) is 3.45. The van der Waals surface area contributed by atoms with E-state index in [9.17, 15) is 14.7 Å². The Morgan fingerprint density at radius 3 is 2.34 bits per heavy atom. The molecule has 0 saturated carbocycles. The van der Waals surface area contributed by atoms with Crippen molar-refractivity contribution >= 4 is 34.2 Å². The molecule has 2 aliphatic heterocycles. The number of aromatic amines is 1. The second-order valence-corrected chi connectivity index (χ2v) is 9.91.